The largest absolute Gasteiger partial charge is 0.399 e. The fourth-order valence-corrected chi connectivity index (χ4v) is 4.46. The maximum Gasteiger partial charge on any atom is 0.243 e. The predicted octanol–water partition coefficient (Wildman–Crippen LogP) is 2.03. The monoisotopic (exact) mass is 324 g/mol. The normalized spacial score (nSPS) is 23.1. The number of methoxy groups -OCH3 is 1. The van der Waals surface area contributed by atoms with E-state index in [2.05, 4.69) is 4.72 Å². The van der Waals surface area contributed by atoms with Crippen molar-refractivity contribution in [1.82, 2.24) is 4.72 Å². The average Bonchev–Trinajstić information content (AvgIpc) is 2.20. The molecule has 19 heavy (non-hydrogen) atoms. The molecule has 1 fully saturated rings. The van der Waals surface area contributed by atoms with E-state index in [1.807, 2.05) is 0 Å². The summed E-state index contributed by atoms with van der Waals surface area (Å²) in [6.07, 6.45) is 1.38. The number of sulfonamides is 1. The molecule has 5 nitrogen and oxygen atoms in total. The highest BCUT2D eigenvalue weighted by molar-refractivity contribution is 7.89. The highest BCUT2D eigenvalue weighted by atomic mass is 35.5. The minimum atomic E-state index is -3.76. The van der Waals surface area contributed by atoms with Gasteiger partial charge in [-0.05, 0) is 25.0 Å². The van der Waals surface area contributed by atoms with Crippen LogP contribution in [0.3, 0.4) is 0 Å². The Bertz CT molecular complexity index is 563. The lowest BCUT2D eigenvalue weighted by Crippen LogP contribution is -2.47. The van der Waals surface area contributed by atoms with E-state index in [9.17, 15) is 8.42 Å². The molecule has 0 aromatic heterocycles. The summed E-state index contributed by atoms with van der Waals surface area (Å²) in [5.74, 6) is 0. The summed E-state index contributed by atoms with van der Waals surface area (Å²) in [4.78, 5) is -0.133. The van der Waals surface area contributed by atoms with Crippen molar-refractivity contribution in [2.45, 2.75) is 29.9 Å². The van der Waals surface area contributed by atoms with Gasteiger partial charge in [0.25, 0.3) is 0 Å². The topological polar surface area (TPSA) is 81.4 Å². The van der Waals surface area contributed by atoms with E-state index in [1.54, 1.807) is 7.11 Å². The summed E-state index contributed by atoms with van der Waals surface area (Å²) in [7, 11) is -2.15. The first kappa shape index (κ1) is 14.9. The van der Waals surface area contributed by atoms with Crippen LogP contribution >= 0.6 is 23.2 Å². The van der Waals surface area contributed by atoms with Gasteiger partial charge in [0.05, 0.1) is 16.1 Å². The number of ether oxygens (including phenoxy) is 1. The SMILES string of the molecule is COC1CC(NS(=O)(=O)c2c(Cl)cc(N)cc2Cl)C1. The second-order valence-electron chi connectivity index (χ2n) is 4.46. The molecule has 1 aliphatic rings. The summed E-state index contributed by atoms with van der Waals surface area (Å²) >= 11 is 11.8. The Labute approximate surface area is 122 Å². The number of nitrogen functional groups attached to an aromatic ring is 1. The van der Waals surface area contributed by atoms with E-state index in [0.717, 1.165) is 0 Å². The molecule has 106 valence electrons. The molecule has 1 aliphatic carbocycles. The summed E-state index contributed by atoms with van der Waals surface area (Å²) in [5.41, 5.74) is 5.86. The smallest absolute Gasteiger partial charge is 0.243 e. The molecule has 0 unspecified atom stereocenters. The van der Waals surface area contributed by atoms with Crippen LogP contribution < -0.4 is 10.5 Å². The van der Waals surface area contributed by atoms with Gasteiger partial charge in [0.15, 0.2) is 0 Å². The van der Waals surface area contributed by atoms with Gasteiger partial charge in [0, 0.05) is 18.8 Å². The van der Waals surface area contributed by atoms with Crippen LogP contribution in [0.15, 0.2) is 17.0 Å². The molecule has 0 amide bonds. The van der Waals surface area contributed by atoms with Gasteiger partial charge in [-0.3, -0.25) is 0 Å². The van der Waals surface area contributed by atoms with Crippen LogP contribution in [0.2, 0.25) is 10.0 Å². The second-order valence-corrected chi connectivity index (χ2v) is 6.93. The quantitative estimate of drug-likeness (QED) is 0.830. The lowest BCUT2D eigenvalue weighted by atomic mass is 9.90. The van der Waals surface area contributed by atoms with Crippen molar-refractivity contribution in [1.29, 1.82) is 0 Å². The third-order valence-electron chi connectivity index (χ3n) is 3.04. The number of hydrogen-bond donors (Lipinski definition) is 2. The molecule has 0 saturated heterocycles. The van der Waals surface area contributed by atoms with Crippen LogP contribution in [-0.4, -0.2) is 27.7 Å². The van der Waals surface area contributed by atoms with Crippen LogP contribution in [0.25, 0.3) is 0 Å². The van der Waals surface area contributed by atoms with Crippen molar-refractivity contribution >= 4 is 38.9 Å². The van der Waals surface area contributed by atoms with Crippen molar-refractivity contribution in [3.05, 3.63) is 22.2 Å². The summed E-state index contributed by atoms with van der Waals surface area (Å²) in [5, 5.41) is 0.0280. The third-order valence-corrected chi connectivity index (χ3v) is 5.48. The third kappa shape index (κ3) is 3.14. The number of hydrogen-bond acceptors (Lipinski definition) is 4. The first-order chi connectivity index (χ1) is 8.83. The zero-order valence-corrected chi connectivity index (χ0v) is 12.5. The van der Waals surface area contributed by atoms with Gasteiger partial charge in [-0.15, -0.1) is 0 Å². The van der Waals surface area contributed by atoms with Gasteiger partial charge in [-0.25, -0.2) is 13.1 Å². The number of halogens is 2. The Morgan fingerprint density at radius 3 is 2.32 bits per heavy atom. The molecule has 1 saturated carbocycles. The van der Waals surface area contributed by atoms with Crippen molar-refractivity contribution in [2.24, 2.45) is 0 Å². The zero-order valence-electron chi connectivity index (χ0n) is 10.2. The molecular formula is C11H14Cl2N2O3S. The highest BCUT2D eigenvalue weighted by Gasteiger charge is 2.34. The van der Waals surface area contributed by atoms with Gasteiger partial charge >= 0.3 is 0 Å². The van der Waals surface area contributed by atoms with Gasteiger partial charge in [0.1, 0.15) is 4.90 Å². The molecule has 0 bridgehead atoms. The van der Waals surface area contributed by atoms with E-state index in [0.29, 0.717) is 18.5 Å². The van der Waals surface area contributed by atoms with Crippen molar-refractivity contribution in [2.75, 3.05) is 12.8 Å². The number of nitrogens with two attached hydrogens (primary N) is 1. The number of nitrogens with one attached hydrogen (secondary N) is 1. The first-order valence-corrected chi connectivity index (χ1v) is 7.87. The van der Waals surface area contributed by atoms with Crippen LogP contribution in [0.1, 0.15) is 12.8 Å². The molecule has 0 radical (unpaired) electrons. The van der Waals surface area contributed by atoms with Crippen LogP contribution in [-0.2, 0) is 14.8 Å². The lowest BCUT2D eigenvalue weighted by Gasteiger charge is -2.34. The van der Waals surface area contributed by atoms with E-state index >= 15 is 0 Å². The summed E-state index contributed by atoms with van der Waals surface area (Å²) in [6.45, 7) is 0. The van der Waals surface area contributed by atoms with Gasteiger partial charge in [0.2, 0.25) is 10.0 Å². The first-order valence-electron chi connectivity index (χ1n) is 5.63. The van der Waals surface area contributed by atoms with Crippen LogP contribution in [0, 0.1) is 0 Å². The maximum absolute atomic E-state index is 12.2. The Balaban J connectivity index is 2.21. The fourth-order valence-electron chi connectivity index (χ4n) is 1.97. The zero-order chi connectivity index (χ0) is 14.2. The molecule has 8 heteroatoms. The molecule has 0 spiro atoms. The van der Waals surface area contributed by atoms with Gasteiger partial charge < -0.3 is 10.5 Å². The lowest BCUT2D eigenvalue weighted by molar-refractivity contribution is 0.0236. The predicted molar refractivity (Wildman–Crippen MR) is 75.0 cm³/mol. The average molecular weight is 325 g/mol. The Hall–Kier alpha value is -0.530. The molecule has 3 N–H and O–H groups in total. The molecule has 2 rings (SSSR count). The number of anilines is 1. The van der Waals surface area contributed by atoms with Gasteiger partial charge in [-0.1, -0.05) is 23.2 Å². The van der Waals surface area contributed by atoms with Crippen molar-refractivity contribution < 1.29 is 13.2 Å². The Morgan fingerprint density at radius 1 is 1.32 bits per heavy atom. The van der Waals surface area contributed by atoms with E-state index in [4.69, 9.17) is 33.7 Å². The van der Waals surface area contributed by atoms with Gasteiger partial charge in [-0.2, -0.15) is 0 Å². The molecule has 1 aromatic carbocycles. The van der Waals surface area contributed by atoms with E-state index < -0.39 is 10.0 Å². The molecule has 0 aliphatic heterocycles. The Kier molecular flexibility index (Phi) is 4.27. The second kappa shape index (κ2) is 5.46. The van der Waals surface area contributed by atoms with E-state index in [-0.39, 0.29) is 27.1 Å². The number of benzene rings is 1. The summed E-state index contributed by atoms with van der Waals surface area (Å²) in [6, 6.07) is 2.57. The maximum atomic E-state index is 12.2. The highest BCUT2D eigenvalue weighted by Crippen LogP contribution is 2.33. The Morgan fingerprint density at radius 2 is 1.84 bits per heavy atom. The van der Waals surface area contributed by atoms with Crippen LogP contribution in [0.5, 0.6) is 0 Å². The van der Waals surface area contributed by atoms with Crippen molar-refractivity contribution in [3.63, 3.8) is 0 Å². The minimum absolute atomic E-state index is 0.0140. The van der Waals surface area contributed by atoms with Crippen molar-refractivity contribution in [3.8, 4) is 0 Å². The van der Waals surface area contributed by atoms with E-state index in [1.165, 1.54) is 12.1 Å². The standard InChI is InChI=1S/C11H14Cl2N2O3S/c1-18-8-4-7(5-8)15-19(16,17)11-9(12)2-6(14)3-10(11)13/h2-3,7-8,15H,4-5,14H2,1H3. The fraction of sp³-hybridized carbons (Fsp3) is 0.455. The molecule has 1 aromatic rings. The minimum Gasteiger partial charge on any atom is -0.399 e. The summed E-state index contributed by atoms with van der Waals surface area (Å²) < 4.78 is 32.1. The number of rotatable bonds is 4. The van der Waals surface area contributed by atoms with Crippen LogP contribution in [0.4, 0.5) is 5.69 Å². The molecule has 0 heterocycles. The molecule has 0 atom stereocenters. The molecular weight excluding hydrogens is 311 g/mol.